The molecule has 0 radical (unpaired) electrons. The van der Waals surface area contributed by atoms with E-state index < -0.39 is 0 Å². The zero-order valence-corrected chi connectivity index (χ0v) is 24.0. The molecule has 2 aliphatic heterocycles. The number of ether oxygens (including phenoxy) is 1. The highest BCUT2D eigenvalue weighted by Crippen LogP contribution is 2.64. The SMILES string of the molecule is CC1=C2C[C@H]3[C@@H](CCC4=CC(=O)CCC43C)[C@@H]2CC[C@@]2(C1)O[C@@H]1C[C@H](C)CN(Cc3ccccc3)[C@H]1[C@H]2C. The van der Waals surface area contributed by atoms with Crippen molar-refractivity contribution in [1.29, 1.82) is 0 Å². The van der Waals surface area contributed by atoms with Gasteiger partial charge < -0.3 is 4.74 Å². The molecule has 0 aromatic heterocycles. The molecule has 0 bridgehead atoms. The highest BCUT2D eigenvalue weighted by molar-refractivity contribution is 5.91. The van der Waals surface area contributed by atoms with Gasteiger partial charge in [0.05, 0.1) is 11.7 Å². The lowest BCUT2D eigenvalue weighted by molar-refractivity contribution is -0.116. The summed E-state index contributed by atoms with van der Waals surface area (Å²) in [7, 11) is 0. The van der Waals surface area contributed by atoms with Crippen molar-refractivity contribution in [3.8, 4) is 0 Å². The minimum Gasteiger partial charge on any atom is -0.369 e. The molecular weight excluding hydrogens is 466 g/mol. The van der Waals surface area contributed by atoms with E-state index in [0.29, 0.717) is 29.8 Å². The number of likely N-dealkylation sites (tertiary alicyclic amines) is 1. The maximum Gasteiger partial charge on any atom is 0.155 e. The molecule has 4 aliphatic carbocycles. The second-order valence-corrected chi connectivity index (χ2v) is 14.5. The van der Waals surface area contributed by atoms with E-state index in [1.807, 2.05) is 6.08 Å². The molecule has 204 valence electrons. The van der Waals surface area contributed by atoms with Gasteiger partial charge in [0, 0.05) is 31.5 Å². The Labute approximate surface area is 230 Å². The van der Waals surface area contributed by atoms with Crippen molar-refractivity contribution in [3.05, 3.63) is 58.7 Å². The van der Waals surface area contributed by atoms with Crippen LogP contribution in [0.2, 0.25) is 0 Å². The highest BCUT2D eigenvalue weighted by Gasteiger charge is 2.59. The Kier molecular flexibility index (Phi) is 6.09. The van der Waals surface area contributed by atoms with E-state index in [1.54, 1.807) is 11.1 Å². The second kappa shape index (κ2) is 9.16. The molecule has 0 N–H and O–H groups in total. The van der Waals surface area contributed by atoms with Crippen molar-refractivity contribution in [2.45, 2.75) is 110 Å². The number of benzene rings is 1. The van der Waals surface area contributed by atoms with E-state index in [1.165, 1.54) is 49.8 Å². The molecule has 38 heavy (non-hydrogen) atoms. The predicted molar refractivity (Wildman–Crippen MR) is 152 cm³/mol. The zero-order valence-electron chi connectivity index (χ0n) is 24.0. The van der Waals surface area contributed by atoms with Crippen LogP contribution >= 0.6 is 0 Å². The Hall–Kier alpha value is -1.71. The topological polar surface area (TPSA) is 29.5 Å². The van der Waals surface area contributed by atoms with E-state index >= 15 is 0 Å². The number of rotatable bonds is 2. The monoisotopic (exact) mass is 513 g/mol. The summed E-state index contributed by atoms with van der Waals surface area (Å²) in [4.78, 5) is 15.0. The molecule has 9 atom stereocenters. The molecule has 4 fully saturated rings. The number of hydrogen-bond donors (Lipinski definition) is 0. The van der Waals surface area contributed by atoms with E-state index in [4.69, 9.17) is 4.74 Å². The average Bonchev–Trinajstić information content (AvgIpc) is 3.35. The number of nitrogens with zero attached hydrogens (tertiary/aromatic N) is 1. The lowest BCUT2D eigenvalue weighted by Crippen LogP contribution is -2.51. The van der Waals surface area contributed by atoms with Crippen molar-refractivity contribution in [2.75, 3.05) is 6.54 Å². The summed E-state index contributed by atoms with van der Waals surface area (Å²) >= 11 is 0. The molecule has 1 spiro atoms. The van der Waals surface area contributed by atoms with Gasteiger partial charge in [-0.15, -0.1) is 0 Å². The summed E-state index contributed by atoms with van der Waals surface area (Å²) in [5, 5.41) is 0. The molecule has 1 aromatic rings. The summed E-state index contributed by atoms with van der Waals surface area (Å²) in [6.45, 7) is 12.1. The summed E-state index contributed by atoms with van der Waals surface area (Å²) in [5.41, 5.74) is 6.58. The Balaban J connectivity index is 1.16. The molecule has 7 rings (SSSR count). The van der Waals surface area contributed by atoms with Crippen molar-refractivity contribution >= 4 is 5.78 Å². The summed E-state index contributed by atoms with van der Waals surface area (Å²) in [6.07, 6.45) is 12.7. The number of carbonyl (C=O) groups excluding carboxylic acids is 1. The fourth-order valence-corrected chi connectivity index (χ4v) is 10.5. The van der Waals surface area contributed by atoms with Crippen LogP contribution in [-0.2, 0) is 16.1 Å². The van der Waals surface area contributed by atoms with Crippen LogP contribution in [-0.4, -0.2) is 35.0 Å². The van der Waals surface area contributed by atoms with Crippen molar-refractivity contribution in [1.82, 2.24) is 4.90 Å². The van der Waals surface area contributed by atoms with Gasteiger partial charge in [-0.05, 0) is 99.0 Å². The minimum absolute atomic E-state index is 0.00780. The Morgan fingerprint density at radius 3 is 2.71 bits per heavy atom. The smallest absolute Gasteiger partial charge is 0.155 e. The van der Waals surface area contributed by atoms with Crippen LogP contribution in [0.15, 0.2) is 53.1 Å². The largest absolute Gasteiger partial charge is 0.369 e. The van der Waals surface area contributed by atoms with Crippen LogP contribution in [0.5, 0.6) is 0 Å². The number of fused-ring (bicyclic) bond motifs is 6. The molecule has 2 saturated heterocycles. The fraction of sp³-hybridized carbons (Fsp3) is 0.686. The fourth-order valence-electron chi connectivity index (χ4n) is 10.5. The minimum atomic E-state index is -0.00780. The van der Waals surface area contributed by atoms with Crippen LogP contribution in [0, 0.1) is 35.0 Å². The Bertz CT molecular complexity index is 1170. The third kappa shape index (κ3) is 3.85. The van der Waals surface area contributed by atoms with Gasteiger partial charge in [-0.2, -0.15) is 0 Å². The summed E-state index contributed by atoms with van der Waals surface area (Å²) in [6, 6.07) is 11.6. The van der Waals surface area contributed by atoms with Gasteiger partial charge in [0.2, 0.25) is 0 Å². The Morgan fingerprint density at radius 1 is 1.08 bits per heavy atom. The first-order chi connectivity index (χ1) is 18.3. The molecule has 1 unspecified atom stereocenters. The van der Waals surface area contributed by atoms with Gasteiger partial charge in [0.25, 0.3) is 0 Å². The molecule has 1 aromatic carbocycles. The quantitative estimate of drug-likeness (QED) is 0.383. The lowest BCUT2D eigenvalue weighted by atomic mass is 9.56. The summed E-state index contributed by atoms with van der Waals surface area (Å²) < 4.78 is 7.29. The summed E-state index contributed by atoms with van der Waals surface area (Å²) in [5.74, 6) is 3.85. The maximum atomic E-state index is 12.2. The van der Waals surface area contributed by atoms with E-state index in [0.717, 1.165) is 50.0 Å². The second-order valence-electron chi connectivity index (χ2n) is 14.5. The first-order valence-corrected chi connectivity index (χ1v) is 15.7. The maximum absolute atomic E-state index is 12.2. The van der Waals surface area contributed by atoms with Gasteiger partial charge in [0.1, 0.15) is 0 Å². The predicted octanol–water partition coefficient (Wildman–Crippen LogP) is 7.51. The molecule has 0 amide bonds. The molecule has 6 aliphatic rings. The Morgan fingerprint density at radius 2 is 1.89 bits per heavy atom. The zero-order chi connectivity index (χ0) is 26.2. The molecule has 3 heteroatoms. The third-order valence-corrected chi connectivity index (χ3v) is 12.4. The first kappa shape index (κ1) is 25.3. The van der Waals surface area contributed by atoms with E-state index in [-0.39, 0.29) is 11.0 Å². The average molecular weight is 514 g/mol. The van der Waals surface area contributed by atoms with Crippen LogP contribution in [0.4, 0.5) is 0 Å². The van der Waals surface area contributed by atoms with E-state index in [2.05, 4.69) is 62.9 Å². The molecule has 2 saturated carbocycles. The van der Waals surface area contributed by atoms with Crippen molar-refractivity contribution in [3.63, 3.8) is 0 Å². The lowest BCUT2D eigenvalue weighted by Gasteiger charge is -2.48. The number of ketones is 1. The molecule has 3 nitrogen and oxygen atoms in total. The molecular formula is C35H47NO2. The van der Waals surface area contributed by atoms with Gasteiger partial charge in [-0.1, -0.05) is 67.8 Å². The first-order valence-electron chi connectivity index (χ1n) is 15.7. The van der Waals surface area contributed by atoms with Crippen LogP contribution in [0.25, 0.3) is 0 Å². The van der Waals surface area contributed by atoms with Crippen molar-refractivity contribution in [2.24, 2.45) is 35.0 Å². The van der Waals surface area contributed by atoms with Gasteiger partial charge in [0.15, 0.2) is 5.78 Å². The van der Waals surface area contributed by atoms with Gasteiger partial charge >= 0.3 is 0 Å². The standard InChI is InChI=1S/C35H47NO2/c1-22-16-32-33(36(20-22)21-25-8-6-5-7-9-25)24(3)35(38-32)15-13-28-29-11-10-26-17-27(37)12-14-34(26,4)31(29)18-30(28)23(2)19-35/h5-9,17,22,24,28-29,31-33H,10-16,18-21H2,1-4H3/t22-,24+,28-,29-,31-,32+,33-,34?,35-/m0/s1. The van der Waals surface area contributed by atoms with Gasteiger partial charge in [-0.3, -0.25) is 9.69 Å². The normalized spacial score (nSPS) is 44.8. The van der Waals surface area contributed by atoms with Crippen molar-refractivity contribution < 1.29 is 9.53 Å². The van der Waals surface area contributed by atoms with E-state index in [9.17, 15) is 4.79 Å². The van der Waals surface area contributed by atoms with Crippen LogP contribution in [0.3, 0.4) is 0 Å². The third-order valence-electron chi connectivity index (χ3n) is 12.4. The van der Waals surface area contributed by atoms with Gasteiger partial charge in [-0.25, -0.2) is 0 Å². The van der Waals surface area contributed by atoms with Crippen LogP contribution < -0.4 is 0 Å². The number of hydrogen-bond acceptors (Lipinski definition) is 3. The number of carbonyl (C=O) groups is 1. The molecule has 2 heterocycles. The number of allylic oxidation sites excluding steroid dienone is 3. The highest BCUT2D eigenvalue weighted by atomic mass is 16.5. The van der Waals surface area contributed by atoms with Crippen LogP contribution in [0.1, 0.15) is 91.0 Å². The number of piperidine rings is 1.